The number of rotatable bonds is 5. The number of hydrogen-bond acceptors (Lipinski definition) is 6. The van der Waals surface area contributed by atoms with Gasteiger partial charge in [-0.25, -0.2) is 0 Å². The molecule has 0 spiro atoms. The first-order valence-corrected chi connectivity index (χ1v) is 9.85. The Morgan fingerprint density at radius 2 is 1.67 bits per heavy atom. The van der Waals surface area contributed by atoms with Gasteiger partial charge in [-0.05, 0) is 42.5 Å². The van der Waals surface area contributed by atoms with E-state index in [9.17, 15) is 4.79 Å². The van der Waals surface area contributed by atoms with E-state index in [1.165, 1.54) is 0 Å². The second-order valence-electron chi connectivity index (χ2n) is 6.99. The minimum absolute atomic E-state index is 0.0196. The van der Waals surface area contributed by atoms with Crippen LogP contribution in [-0.2, 0) is 0 Å². The first-order chi connectivity index (χ1) is 14.7. The third-order valence-electron chi connectivity index (χ3n) is 5.24. The number of amides is 1. The van der Waals surface area contributed by atoms with Crippen molar-refractivity contribution in [2.75, 3.05) is 45.3 Å². The van der Waals surface area contributed by atoms with Crippen molar-refractivity contribution in [1.82, 2.24) is 15.1 Å². The molecule has 0 aliphatic carbocycles. The monoisotopic (exact) mass is 404 g/mol. The molecule has 7 heteroatoms. The predicted molar refractivity (Wildman–Crippen MR) is 115 cm³/mol. The Morgan fingerprint density at radius 3 is 2.37 bits per heavy atom. The molecule has 1 aromatic heterocycles. The maximum absolute atomic E-state index is 12.8. The molecule has 0 bridgehead atoms. The van der Waals surface area contributed by atoms with Gasteiger partial charge in [-0.1, -0.05) is 18.2 Å². The average Bonchev–Trinajstić information content (AvgIpc) is 2.84. The van der Waals surface area contributed by atoms with E-state index in [1.54, 1.807) is 20.3 Å². The van der Waals surface area contributed by atoms with Crippen LogP contribution in [0, 0.1) is 0 Å². The molecule has 2 aromatic carbocycles. The number of benzene rings is 2. The van der Waals surface area contributed by atoms with Gasteiger partial charge in [-0.3, -0.25) is 4.79 Å². The van der Waals surface area contributed by atoms with E-state index in [0.717, 1.165) is 22.8 Å². The number of anilines is 1. The molecule has 1 aliphatic rings. The quantitative estimate of drug-likeness (QED) is 0.651. The normalized spacial score (nSPS) is 13.8. The van der Waals surface area contributed by atoms with E-state index in [2.05, 4.69) is 15.1 Å². The lowest BCUT2D eigenvalue weighted by atomic mass is 10.1. The van der Waals surface area contributed by atoms with Crippen LogP contribution in [0.1, 0.15) is 10.4 Å². The van der Waals surface area contributed by atoms with Gasteiger partial charge >= 0.3 is 0 Å². The van der Waals surface area contributed by atoms with Crippen molar-refractivity contribution in [1.29, 1.82) is 0 Å². The van der Waals surface area contributed by atoms with Gasteiger partial charge in [0.25, 0.3) is 5.91 Å². The van der Waals surface area contributed by atoms with Gasteiger partial charge in [-0.15, -0.1) is 10.2 Å². The van der Waals surface area contributed by atoms with Crippen LogP contribution in [0.5, 0.6) is 11.5 Å². The minimum atomic E-state index is 0.0196. The molecule has 0 atom stereocenters. The number of para-hydroxylation sites is 1. The maximum Gasteiger partial charge on any atom is 0.254 e. The average molecular weight is 404 g/mol. The summed E-state index contributed by atoms with van der Waals surface area (Å²) in [6.07, 6.45) is 0. The Kier molecular flexibility index (Phi) is 5.79. The smallest absolute Gasteiger partial charge is 0.254 e. The van der Waals surface area contributed by atoms with Gasteiger partial charge in [0.15, 0.2) is 5.82 Å². The molecule has 1 amide bonds. The summed E-state index contributed by atoms with van der Waals surface area (Å²) < 4.78 is 10.6. The van der Waals surface area contributed by atoms with Gasteiger partial charge in [-0.2, -0.15) is 0 Å². The second-order valence-corrected chi connectivity index (χ2v) is 6.99. The number of methoxy groups -OCH3 is 2. The Morgan fingerprint density at radius 1 is 0.867 bits per heavy atom. The Balaban J connectivity index is 1.41. The van der Waals surface area contributed by atoms with Gasteiger partial charge < -0.3 is 19.3 Å². The van der Waals surface area contributed by atoms with Gasteiger partial charge in [0.1, 0.15) is 11.5 Å². The molecule has 0 N–H and O–H groups in total. The highest BCUT2D eigenvalue weighted by atomic mass is 16.5. The number of piperazine rings is 1. The Hall–Kier alpha value is -3.61. The highest BCUT2D eigenvalue weighted by Crippen LogP contribution is 2.28. The van der Waals surface area contributed by atoms with Crippen LogP contribution in [0.4, 0.5) is 5.82 Å². The number of ether oxygens (including phenoxy) is 2. The highest BCUT2D eigenvalue weighted by molar-refractivity contribution is 5.94. The molecular formula is C23H24N4O3. The molecular weight excluding hydrogens is 380 g/mol. The zero-order valence-electron chi connectivity index (χ0n) is 17.1. The fraction of sp³-hybridized carbons (Fsp3) is 0.261. The summed E-state index contributed by atoms with van der Waals surface area (Å²) >= 11 is 0. The molecule has 0 saturated carbocycles. The summed E-state index contributed by atoms with van der Waals surface area (Å²) in [5, 5.41) is 8.79. The summed E-state index contributed by atoms with van der Waals surface area (Å²) in [6, 6.07) is 18.9. The summed E-state index contributed by atoms with van der Waals surface area (Å²) in [4.78, 5) is 16.8. The van der Waals surface area contributed by atoms with Crippen molar-refractivity contribution in [2.24, 2.45) is 0 Å². The predicted octanol–water partition coefficient (Wildman–Crippen LogP) is 3.12. The molecule has 30 heavy (non-hydrogen) atoms. The lowest BCUT2D eigenvalue weighted by molar-refractivity contribution is 0.0746. The van der Waals surface area contributed by atoms with Gasteiger partial charge in [0.05, 0.1) is 19.9 Å². The molecule has 0 radical (unpaired) electrons. The van der Waals surface area contributed by atoms with Crippen LogP contribution in [0.25, 0.3) is 11.3 Å². The second kappa shape index (κ2) is 8.82. The Labute approximate surface area is 175 Å². The van der Waals surface area contributed by atoms with E-state index in [4.69, 9.17) is 9.47 Å². The highest BCUT2D eigenvalue weighted by Gasteiger charge is 2.23. The van der Waals surface area contributed by atoms with E-state index in [1.807, 2.05) is 59.5 Å². The summed E-state index contributed by atoms with van der Waals surface area (Å²) in [6.45, 7) is 2.68. The van der Waals surface area contributed by atoms with Crippen LogP contribution in [0.2, 0.25) is 0 Å². The standard InChI is InChI=1S/C23H24N4O3/c1-29-18-7-5-6-17(16-18)23(28)27-14-12-26(13-15-27)22-11-10-20(24-25-22)19-8-3-4-9-21(19)30-2/h3-11,16H,12-15H2,1-2H3. The number of aromatic nitrogens is 2. The van der Waals surface area contributed by atoms with Crippen molar-refractivity contribution in [3.05, 3.63) is 66.2 Å². The lowest BCUT2D eigenvalue weighted by Crippen LogP contribution is -2.49. The number of nitrogens with zero attached hydrogens (tertiary/aromatic N) is 4. The number of hydrogen-bond donors (Lipinski definition) is 0. The molecule has 1 saturated heterocycles. The van der Waals surface area contributed by atoms with Crippen LogP contribution in [-0.4, -0.2) is 61.4 Å². The fourth-order valence-electron chi connectivity index (χ4n) is 3.57. The van der Waals surface area contributed by atoms with Crippen LogP contribution >= 0.6 is 0 Å². The third-order valence-corrected chi connectivity index (χ3v) is 5.24. The van der Waals surface area contributed by atoms with E-state index in [0.29, 0.717) is 37.5 Å². The molecule has 1 aliphatic heterocycles. The topological polar surface area (TPSA) is 67.8 Å². The summed E-state index contributed by atoms with van der Waals surface area (Å²) in [5.74, 6) is 2.28. The molecule has 4 rings (SSSR count). The summed E-state index contributed by atoms with van der Waals surface area (Å²) in [5.41, 5.74) is 2.32. The van der Waals surface area contributed by atoms with Crippen molar-refractivity contribution < 1.29 is 14.3 Å². The lowest BCUT2D eigenvalue weighted by Gasteiger charge is -2.35. The van der Waals surface area contributed by atoms with Crippen LogP contribution in [0.3, 0.4) is 0 Å². The third kappa shape index (κ3) is 4.05. The maximum atomic E-state index is 12.8. The van der Waals surface area contributed by atoms with Crippen molar-refractivity contribution in [3.8, 4) is 22.8 Å². The van der Waals surface area contributed by atoms with Crippen LogP contribution in [0.15, 0.2) is 60.7 Å². The zero-order valence-corrected chi connectivity index (χ0v) is 17.1. The minimum Gasteiger partial charge on any atom is -0.497 e. The SMILES string of the molecule is COc1cccc(C(=O)N2CCN(c3ccc(-c4ccccc4OC)nn3)CC2)c1. The molecule has 2 heterocycles. The van der Waals surface area contributed by atoms with E-state index < -0.39 is 0 Å². The summed E-state index contributed by atoms with van der Waals surface area (Å²) in [7, 11) is 3.25. The van der Waals surface area contributed by atoms with Gasteiger partial charge in [0.2, 0.25) is 0 Å². The number of carbonyl (C=O) groups excluding carboxylic acids is 1. The van der Waals surface area contributed by atoms with E-state index in [-0.39, 0.29) is 5.91 Å². The van der Waals surface area contributed by atoms with Crippen LogP contribution < -0.4 is 14.4 Å². The van der Waals surface area contributed by atoms with Crippen molar-refractivity contribution in [3.63, 3.8) is 0 Å². The number of carbonyl (C=O) groups is 1. The largest absolute Gasteiger partial charge is 0.497 e. The first kappa shape index (κ1) is 19.7. The molecule has 0 unspecified atom stereocenters. The molecule has 7 nitrogen and oxygen atoms in total. The zero-order chi connectivity index (χ0) is 20.9. The van der Waals surface area contributed by atoms with Crippen molar-refractivity contribution in [2.45, 2.75) is 0 Å². The Bertz CT molecular complexity index is 1010. The van der Waals surface area contributed by atoms with Crippen molar-refractivity contribution >= 4 is 11.7 Å². The van der Waals surface area contributed by atoms with Gasteiger partial charge in [0, 0.05) is 37.3 Å². The molecule has 154 valence electrons. The molecule has 3 aromatic rings. The fourth-order valence-corrected chi connectivity index (χ4v) is 3.57. The molecule has 1 fully saturated rings. The first-order valence-electron chi connectivity index (χ1n) is 9.85. The van der Waals surface area contributed by atoms with E-state index >= 15 is 0 Å².